The van der Waals surface area contributed by atoms with Crippen LogP contribution in [0.4, 0.5) is 5.82 Å². The third-order valence-electron chi connectivity index (χ3n) is 4.08. The van der Waals surface area contributed by atoms with Crippen LogP contribution in [0.1, 0.15) is 11.6 Å². The molecule has 0 bridgehead atoms. The fraction of sp³-hybridized carbons (Fsp3) is 0.100. The second kappa shape index (κ2) is 7.01. The molecule has 1 atom stereocenters. The molecule has 0 saturated heterocycles. The van der Waals surface area contributed by atoms with E-state index in [2.05, 4.69) is 45.6 Å². The molecule has 0 saturated carbocycles. The van der Waals surface area contributed by atoms with Crippen molar-refractivity contribution in [3.63, 3.8) is 0 Å². The predicted molar refractivity (Wildman–Crippen MR) is 105 cm³/mol. The summed E-state index contributed by atoms with van der Waals surface area (Å²) in [5.74, 6) is 0.786. The van der Waals surface area contributed by atoms with Gasteiger partial charge in [0.05, 0.1) is 10.6 Å². The molecule has 0 amide bonds. The molecule has 0 radical (unpaired) electrons. The van der Waals surface area contributed by atoms with Crippen molar-refractivity contribution in [2.24, 2.45) is 5.73 Å². The fourth-order valence-corrected chi connectivity index (χ4v) is 3.76. The van der Waals surface area contributed by atoms with Crippen molar-refractivity contribution >= 4 is 27.2 Å². The summed E-state index contributed by atoms with van der Waals surface area (Å²) in [5, 5.41) is 4.55. The highest BCUT2D eigenvalue weighted by molar-refractivity contribution is 7.22. The van der Waals surface area contributed by atoms with Crippen LogP contribution in [0.25, 0.3) is 20.7 Å². The van der Waals surface area contributed by atoms with E-state index in [1.54, 1.807) is 17.7 Å². The number of fused-ring (bicyclic) bond motifs is 1. The summed E-state index contributed by atoms with van der Waals surface area (Å²) in [6.45, 7) is 0.618. The molecule has 25 heavy (non-hydrogen) atoms. The van der Waals surface area contributed by atoms with Crippen molar-refractivity contribution in [3.8, 4) is 10.6 Å². The molecule has 4 rings (SSSR count). The van der Waals surface area contributed by atoms with E-state index >= 15 is 0 Å². The Hall–Kier alpha value is -2.76. The SMILES string of the molecule is N[C@@H](CNc1cc(-c2cc3ccccc3s2)ncn1)c1ccccc1. The molecule has 2 aromatic heterocycles. The lowest BCUT2D eigenvalue weighted by atomic mass is 10.1. The topological polar surface area (TPSA) is 63.8 Å². The number of nitrogens with two attached hydrogens (primary N) is 1. The minimum absolute atomic E-state index is 0.0797. The standard InChI is InChI=1S/C20H18N4S/c21-16(14-6-2-1-3-7-14)12-22-20-11-17(23-13-24-20)19-10-15-8-4-5-9-18(15)25-19/h1-11,13,16H,12,21H2,(H,22,23,24)/t16-/m0/s1. The first-order valence-corrected chi connectivity index (χ1v) is 8.96. The highest BCUT2D eigenvalue weighted by Crippen LogP contribution is 2.32. The number of aromatic nitrogens is 2. The predicted octanol–water partition coefficient (Wildman–Crippen LogP) is 4.47. The summed E-state index contributed by atoms with van der Waals surface area (Å²) >= 11 is 1.74. The van der Waals surface area contributed by atoms with Crippen molar-refractivity contribution in [2.75, 3.05) is 11.9 Å². The van der Waals surface area contributed by atoms with Gasteiger partial charge in [0.15, 0.2) is 0 Å². The summed E-state index contributed by atoms with van der Waals surface area (Å²) < 4.78 is 1.26. The van der Waals surface area contributed by atoms with Gasteiger partial charge in [0.1, 0.15) is 12.1 Å². The van der Waals surface area contributed by atoms with E-state index in [1.807, 2.05) is 36.4 Å². The number of nitrogens with zero attached hydrogens (tertiary/aromatic N) is 2. The van der Waals surface area contributed by atoms with Gasteiger partial charge in [-0.2, -0.15) is 0 Å². The van der Waals surface area contributed by atoms with Crippen LogP contribution in [0.5, 0.6) is 0 Å². The Labute approximate surface area is 150 Å². The van der Waals surface area contributed by atoms with Gasteiger partial charge in [-0.05, 0) is 23.1 Å². The average Bonchev–Trinajstić information content (AvgIpc) is 3.11. The number of thiophene rings is 1. The first-order valence-electron chi connectivity index (χ1n) is 8.15. The van der Waals surface area contributed by atoms with Crippen LogP contribution < -0.4 is 11.1 Å². The molecule has 0 unspecified atom stereocenters. The van der Waals surface area contributed by atoms with Crippen LogP contribution in [0.2, 0.25) is 0 Å². The van der Waals surface area contributed by atoms with Crippen molar-refractivity contribution in [2.45, 2.75) is 6.04 Å². The highest BCUT2D eigenvalue weighted by Gasteiger charge is 2.08. The van der Waals surface area contributed by atoms with E-state index in [9.17, 15) is 0 Å². The Kier molecular flexibility index (Phi) is 4.41. The van der Waals surface area contributed by atoms with Crippen molar-refractivity contribution in [1.82, 2.24) is 9.97 Å². The Morgan fingerprint density at radius 3 is 2.60 bits per heavy atom. The molecule has 0 aliphatic carbocycles. The number of anilines is 1. The largest absolute Gasteiger partial charge is 0.368 e. The fourth-order valence-electron chi connectivity index (χ4n) is 2.73. The summed E-state index contributed by atoms with van der Waals surface area (Å²) in [5.41, 5.74) is 8.27. The van der Waals surface area contributed by atoms with E-state index in [-0.39, 0.29) is 6.04 Å². The monoisotopic (exact) mass is 346 g/mol. The maximum Gasteiger partial charge on any atom is 0.130 e. The third-order valence-corrected chi connectivity index (χ3v) is 5.21. The normalized spacial score (nSPS) is 12.2. The molecule has 0 aliphatic rings. The smallest absolute Gasteiger partial charge is 0.130 e. The highest BCUT2D eigenvalue weighted by atomic mass is 32.1. The van der Waals surface area contributed by atoms with Gasteiger partial charge in [-0.15, -0.1) is 11.3 Å². The Bertz CT molecular complexity index is 948. The quantitative estimate of drug-likeness (QED) is 0.559. The lowest BCUT2D eigenvalue weighted by molar-refractivity contribution is 0.761. The van der Waals surface area contributed by atoms with Crippen LogP contribution in [0.3, 0.4) is 0 Å². The Balaban J connectivity index is 1.51. The first kappa shape index (κ1) is 15.7. The second-order valence-corrected chi connectivity index (χ2v) is 6.92. The number of hydrogen-bond acceptors (Lipinski definition) is 5. The summed E-state index contributed by atoms with van der Waals surface area (Å²) in [4.78, 5) is 9.87. The minimum Gasteiger partial charge on any atom is -0.368 e. The molecule has 3 N–H and O–H groups in total. The second-order valence-electron chi connectivity index (χ2n) is 5.84. The van der Waals surface area contributed by atoms with Crippen LogP contribution in [-0.2, 0) is 0 Å². The number of rotatable bonds is 5. The van der Waals surface area contributed by atoms with E-state index in [0.29, 0.717) is 6.54 Å². The zero-order valence-electron chi connectivity index (χ0n) is 13.6. The maximum atomic E-state index is 6.24. The maximum absolute atomic E-state index is 6.24. The molecule has 0 fully saturated rings. The Morgan fingerprint density at radius 2 is 1.76 bits per heavy atom. The van der Waals surface area contributed by atoms with Gasteiger partial charge in [-0.25, -0.2) is 9.97 Å². The zero-order valence-corrected chi connectivity index (χ0v) is 14.4. The molecule has 124 valence electrons. The first-order chi connectivity index (χ1) is 12.3. The van der Waals surface area contributed by atoms with Gasteiger partial charge in [0.2, 0.25) is 0 Å². The van der Waals surface area contributed by atoms with Crippen LogP contribution in [0.15, 0.2) is 73.1 Å². The van der Waals surface area contributed by atoms with Gasteiger partial charge in [-0.1, -0.05) is 48.5 Å². The lowest BCUT2D eigenvalue weighted by Crippen LogP contribution is -2.20. The molecule has 0 spiro atoms. The summed E-state index contributed by atoms with van der Waals surface area (Å²) in [6.07, 6.45) is 1.59. The van der Waals surface area contributed by atoms with Crippen molar-refractivity contribution in [3.05, 3.63) is 78.6 Å². The summed E-state index contributed by atoms with van der Waals surface area (Å²) in [7, 11) is 0. The molecule has 2 aromatic carbocycles. The Morgan fingerprint density at radius 1 is 0.960 bits per heavy atom. The summed E-state index contributed by atoms with van der Waals surface area (Å²) in [6, 6.07) is 22.5. The number of hydrogen-bond donors (Lipinski definition) is 2. The van der Waals surface area contributed by atoms with E-state index in [1.165, 1.54) is 10.1 Å². The third kappa shape index (κ3) is 3.52. The van der Waals surface area contributed by atoms with Gasteiger partial charge >= 0.3 is 0 Å². The molecule has 2 heterocycles. The molecular weight excluding hydrogens is 328 g/mol. The average molecular weight is 346 g/mol. The number of nitrogens with one attached hydrogen (secondary N) is 1. The molecule has 4 aromatic rings. The van der Waals surface area contributed by atoms with E-state index in [0.717, 1.165) is 22.0 Å². The van der Waals surface area contributed by atoms with Crippen LogP contribution >= 0.6 is 11.3 Å². The van der Waals surface area contributed by atoms with E-state index in [4.69, 9.17) is 5.73 Å². The van der Waals surface area contributed by atoms with Gasteiger partial charge in [-0.3, -0.25) is 0 Å². The molecular formula is C20H18N4S. The van der Waals surface area contributed by atoms with Crippen LogP contribution in [0, 0.1) is 0 Å². The zero-order chi connectivity index (χ0) is 17.1. The van der Waals surface area contributed by atoms with Crippen LogP contribution in [-0.4, -0.2) is 16.5 Å². The van der Waals surface area contributed by atoms with Gasteiger partial charge in [0.25, 0.3) is 0 Å². The number of benzene rings is 2. The minimum atomic E-state index is -0.0797. The van der Waals surface area contributed by atoms with Gasteiger partial charge < -0.3 is 11.1 Å². The molecule has 4 nitrogen and oxygen atoms in total. The molecule has 0 aliphatic heterocycles. The lowest BCUT2D eigenvalue weighted by Gasteiger charge is -2.13. The van der Waals surface area contributed by atoms with Crippen molar-refractivity contribution in [1.29, 1.82) is 0 Å². The van der Waals surface area contributed by atoms with Crippen molar-refractivity contribution < 1.29 is 0 Å². The molecule has 5 heteroatoms. The van der Waals surface area contributed by atoms with E-state index < -0.39 is 0 Å². The van der Waals surface area contributed by atoms with Gasteiger partial charge in [0, 0.05) is 23.4 Å².